The van der Waals surface area contributed by atoms with Crippen molar-refractivity contribution in [3.05, 3.63) is 41.6 Å². The second-order valence-corrected chi connectivity index (χ2v) is 12.2. The maximum atomic E-state index is 16.4. The van der Waals surface area contributed by atoms with E-state index in [9.17, 15) is 4.39 Å². The van der Waals surface area contributed by atoms with Gasteiger partial charge in [-0.05, 0) is 76.4 Å². The number of rotatable bonds is 6. The van der Waals surface area contributed by atoms with E-state index in [2.05, 4.69) is 25.1 Å². The molecule has 1 saturated carbocycles. The van der Waals surface area contributed by atoms with Gasteiger partial charge in [0.05, 0.1) is 10.9 Å². The number of anilines is 1. The van der Waals surface area contributed by atoms with Crippen LogP contribution in [0.2, 0.25) is 0 Å². The van der Waals surface area contributed by atoms with E-state index in [4.69, 9.17) is 9.72 Å². The summed E-state index contributed by atoms with van der Waals surface area (Å²) >= 11 is 0. The first-order valence-electron chi connectivity index (χ1n) is 14.6. The Labute approximate surface area is 227 Å². The second-order valence-electron chi connectivity index (χ2n) is 12.2. The van der Waals surface area contributed by atoms with Gasteiger partial charge in [0.1, 0.15) is 29.5 Å². The van der Waals surface area contributed by atoms with Crippen molar-refractivity contribution in [1.82, 2.24) is 25.2 Å². The van der Waals surface area contributed by atoms with Gasteiger partial charge in [-0.3, -0.25) is 9.88 Å². The van der Waals surface area contributed by atoms with Crippen LogP contribution in [0.5, 0.6) is 6.01 Å². The first-order valence-corrected chi connectivity index (χ1v) is 14.6. The molecule has 1 N–H and O–H groups in total. The van der Waals surface area contributed by atoms with E-state index in [1.165, 1.54) is 18.9 Å². The average Bonchev–Trinajstić information content (AvgIpc) is 3.44. The number of nitrogens with one attached hydrogen (secondary N) is 1. The van der Waals surface area contributed by atoms with Gasteiger partial charge in [-0.1, -0.05) is 12.1 Å². The van der Waals surface area contributed by atoms with Crippen LogP contribution in [0.4, 0.5) is 14.6 Å². The fourth-order valence-electron chi connectivity index (χ4n) is 7.68. The highest BCUT2D eigenvalue weighted by molar-refractivity contribution is 5.92. The van der Waals surface area contributed by atoms with Crippen LogP contribution >= 0.6 is 0 Å². The van der Waals surface area contributed by atoms with Crippen LogP contribution < -0.4 is 15.0 Å². The van der Waals surface area contributed by atoms with Gasteiger partial charge >= 0.3 is 6.01 Å². The summed E-state index contributed by atoms with van der Waals surface area (Å²) in [6.45, 7) is 4.34. The Hall–Kier alpha value is -2.91. The zero-order valence-electron chi connectivity index (χ0n) is 22.1. The molecule has 0 radical (unpaired) electrons. The molecule has 0 spiro atoms. The minimum Gasteiger partial charge on any atom is -0.461 e. The van der Waals surface area contributed by atoms with E-state index in [0.29, 0.717) is 41.0 Å². The Morgan fingerprint density at radius 1 is 1.00 bits per heavy atom. The maximum Gasteiger partial charge on any atom is 0.319 e. The summed E-state index contributed by atoms with van der Waals surface area (Å²) < 4.78 is 37.6. The Bertz CT molecular complexity index is 1420. The van der Waals surface area contributed by atoms with Crippen molar-refractivity contribution in [2.24, 2.45) is 0 Å². The zero-order chi connectivity index (χ0) is 26.1. The van der Waals surface area contributed by atoms with Crippen molar-refractivity contribution in [2.45, 2.75) is 74.9 Å². The number of benzene rings is 1. The van der Waals surface area contributed by atoms with Gasteiger partial charge in [-0.25, -0.2) is 8.78 Å². The standard InChI is InChI=1S/C30H34F2N6O/c31-23-5-1-4-21(24(23)18-6-7-18)26-25(32)27-22(14-33-26)28(37-15-19-8-9-20(16-37)34-19)36-29(35-27)39-17-30-10-2-12-38(30)13-3-11-30/h1,4-5,14,18-20,34H,2-3,6-13,15-17H2. The van der Waals surface area contributed by atoms with Gasteiger partial charge in [-0.2, -0.15) is 9.97 Å². The number of fused-ring (bicyclic) bond motifs is 4. The summed E-state index contributed by atoms with van der Waals surface area (Å²) in [7, 11) is 0. The summed E-state index contributed by atoms with van der Waals surface area (Å²) in [6.07, 6.45) is 10.3. The Kier molecular flexibility index (Phi) is 5.56. The third kappa shape index (κ3) is 3.99. The van der Waals surface area contributed by atoms with Crippen LogP contribution in [0.15, 0.2) is 24.4 Å². The van der Waals surface area contributed by atoms with E-state index < -0.39 is 5.82 Å². The molecule has 2 aromatic heterocycles. The number of nitrogens with zero attached hydrogens (tertiary/aromatic N) is 5. The minimum absolute atomic E-state index is 0.0370. The number of ether oxygens (including phenoxy) is 1. The molecule has 2 unspecified atom stereocenters. The molecule has 1 aromatic carbocycles. The molecule has 3 aromatic rings. The molecule has 6 heterocycles. The lowest BCUT2D eigenvalue weighted by atomic mass is 9.95. The first-order chi connectivity index (χ1) is 19.1. The molecule has 4 saturated heterocycles. The van der Waals surface area contributed by atoms with Crippen LogP contribution in [-0.2, 0) is 0 Å². The highest BCUT2D eigenvalue weighted by atomic mass is 19.1. The number of pyridine rings is 1. The highest BCUT2D eigenvalue weighted by Gasteiger charge is 2.45. The minimum atomic E-state index is -0.534. The predicted octanol–water partition coefficient (Wildman–Crippen LogP) is 4.80. The quantitative estimate of drug-likeness (QED) is 0.490. The van der Waals surface area contributed by atoms with Gasteiger partial charge in [0.2, 0.25) is 0 Å². The smallest absolute Gasteiger partial charge is 0.319 e. The van der Waals surface area contributed by atoms with Crippen molar-refractivity contribution in [3.63, 3.8) is 0 Å². The van der Waals surface area contributed by atoms with E-state index >= 15 is 4.39 Å². The van der Waals surface area contributed by atoms with Gasteiger partial charge in [0.25, 0.3) is 0 Å². The molecule has 2 bridgehead atoms. The number of hydrogen-bond acceptors (Lipinski definition) is 7. The van der Waals surface area contributed by atoms with Crippen molar-refractivity contribution >= 4 is 16.7 Å². The van der Waals surface area contributed by atoms with E-state index in [1.807, 2.05) is 0 Å². The molecule has 8 rings (SSSR count). The zero-order valence-corrected chi connectivity index (χ0v) is 22.1. The SMILES string of the molecule is Fc1cccc(-c2ncc3c(N4CC5CCC(C4)N5)nc(OCC45CCCN4CCC5)nc3c2F)c1C1CC1. The third-order valence-corrected chi connectivity index (χ3v) is 9.73. The number of halogens is 2. The monoisotopic (exact) mass is 532 g/mol. The van der Waals surface area contributed by atoms with E-state index in [1.54, 1.807) is 18.3 Å². The molecule has 7 nitrogen and oxygen atoms in total. The molecule has 4 aliphatic heterocycles. The highest BCUT2D eigenvalue weighted by Crippen LogP contribution is 2.46. The first kappa shape index (κ1) is 23.9. The lowest BCUT2D eigenvalue weighted by Crippen LogP contribution is -2.51. The van der Waals surface area contributed by atoms with Gasteiger partial charge in [0.15, 0.2) is 5.82 Å². The topological polar surface area (TPSA) is 66.4 Å². The summed E-state index contributed by atoms with van der Waals surface area (Å²) in [6, 6.07) is 5.87. The van der Waals surface area contributed by atoms with E-state index in [-0.39, 0.29) is 34.5 Å². The van der Waals surface area contributed by atoms with Crippen LogP contribution in [0.3, 0.4) is 0 Å². The fourth-order valence-corrected chi connectivity index (χ4v) is 7.68. The lowest BCUT2D eigenvalue weighted by molar-refractivity contribution is 0.108. The molecule has 5 aliphatic rings. The summed E-state index contributed by atoms with van der Waals surface area (Å²) in [5, 5.41) is 4.24. The average molecular weight is 533 g/mol. The van der Waals surface area contributed by atoms with Crippen LogP contribution in [0, 0.1) is 11.6 Å². The Morgan fingerprint density at radius 3 is 2.51 bits per heavy atom. The van der Waals surface area contributed by atoms with Crippen LogP contribution in [-0.4, -0.2) is 70.3 Å². The summed E-state index contributed by atoms with van der Waals surface area (Å²) in [5.41, 5.74) is 1.47. The van der Waals surface area contributed by atoms with Crippen molar-refractivity contribution in [2.75, 3.05) is 37.7 Å². The van der Waals surface area contributed by atoms with E-state index in [0.717, 1.165) is 64.7 Å². The number of piperazine rings is 1. The number of aromatic nitrogens is 3. The second kappa shape index (κ2) is 9.06. The van der Waals surface area contributed by atoms with Gasteiger partial charge in [-0.15, -0.1) is 0 Å². The van der Waals surface area contributed by atoms with Crippen LogP contribution in [0.1, 0.15) is 62.8 Å². The third-order valence-electron chi connectivity index (χ3n) is 9.73. The van der Waals surface area contributed by atoms with Crippen molar-refractivity contribution in [1.29, 1.82) is 0 Å². The van der Waals surface area contributed by atoms with Crippen molar-refractivity contribution in [3.8, 4) is 17.3 Å². The molecular formula is C30H34F2N6O. The molecule has 204 valence electrons. The molecular weight excluding hydrogens is 498 g/mol. The molecule has 0 amide bonds. The summed E-state index contributed by atoms with van der Waals surface area (Å²) in [4.78, 5) is 18.9. The van der Waals surface area contributed by atoms with Gasteiger partial charge in [0, 0.05) is 42.5 Å². The molecule has 5 fully saturated rings. The molecule has 1 aliphatic carbocycles. The molecule has 2 atom stereocenters. The maximum absolute atomic E-state index is 16.4. The largest absolute Gasteiger partial charge is 0.461 e. The molecule has 9 heteroatoms. The number of hydrogen-bond donors (Lipinski definition) is 1. The van der Waals surface area contributed by atoms with Gasteiger partial charge < -0.3 is 15.0 Å². The lowest BCUT2D eigenvalue weighted by Gasteiger charge is -2.34. The Morgan fingerprint density at radius 2 is 1.77 bits per heavy atom. The normalized spacial score (nSPS) is 25.9. The van der Waals surface area contributed by atoms with Crippen LogP contribution in [0.25, 0.3) is 22.2 Å². The Balaban J connectivity index is 1.23. The van der Waals surface area contributed by atoms with Crippen molar-refractivity contribution < 1.29 is 13.5 Å². The summed E-state index contributed by atoms with van der Waals surface area (Å²) in [5.74, 6) is -0.0282. The fraction of sp³-hybridized carbons (Fsp3) is 0.567. The predicted molar refractivity (Wildman–Crippen MR) is 145 cm³/mol. The molecule has 39 heavy (non-hydrogen) atoms.